The van der Waals surface area contributed by atoms with Crippen LogP contribution in [0.25, 0.3) is 0 Å². The van der Waals surface area contributed by atoms with Crippen molar-refractivity contribution in [2.24, 2.45) is 5.73 Å². The second kappa shape index (κ2) is 7.87. The highest BCUT2D eigenvalue weighted by atomic mass is 16.2. The lowest BCUT2D eigenvalue weighted by molar-refractivity contribution is -0.125. The Labute approximate surface area is 157 Å². The van der Waals surface area contributed by atoms with E-state index in [1.807, 2.05) is 0 Å². The van der Waals surface area contributed by atoms with Crippen molar-refractivity contribution in [3.63, 3.8) is 0 Å². The van der Waals surface area contributed by atoms with Gasteiger partial charge in [0.1, 0.15) is 0 Å². The number of benzene rings is 1. The summed E-state index contributed by atoms with van der Waals surface area (Å²) in [7, 11) is 0. The van der Waals surface area contributed by atoms with Gasteiger partial charge in [0.25, 0.3) is 11.8 Å². The molecule has 3 rings (SSSR count). The summed E-state index contributed by atoms with van der Waals surface area (Å²) in [6.07, 6.45) is 4.83. The highest BCUT2D eigenvalue weighted by Gasteiger charge is 2.40. The molecule has 1 heterocycles. The maximum atomic E-state index is 12.8. The Balaban J connectivity index is 1.79. The van der Waals surface area contributed by atoms with Crippen molar-refractivity contribution in [2.75, 3.05) is 18.4 Å². The van der Waals surface area contributed by atoms with Gasteiger partial charge in [-0.3, -0.25) is 24.2 Å². The average Bonchev–Trinajstić information content (AvgIpc) is 2.90. The van der Waals surface area contributed by atoms with Gasteiger partial charge < -0.3 is 11.1 Å². The molecule has 0 saturated heterocycles. The molecule has 0 unspecified atom stereocenters. The van der Waals surface area contributed by atoms with Crippen LogP contribution in [0, 0.1) is 0 Å². The molecule has 0 aromatic heterocycles. The van der Waals surface area contributed by atoms with Crippen LogP contribution >= 0.6 is 0 Å². The first kappa shape index (κ1) is 19.0. The topological polar surface area (TPSA) is 113 Å². The van der Waals surface area contributed by atoms with E-state index in [1.165, 1.54) is 17.9 Å². The van der Waals surface area contributed by atoms with Gasteiger partial charge in [-0.15, -0.1) is 0 Å². The van der Waals surface area contributed by atoms with Gasteiger partial charge >= 0.3 is 6.03 Å². The molecule has 0 radical (unpaired) electrons. The molecule has 1 aliphatic heterocycles. The highest BCUT2D eigenvalue weighted by Crippen LogP contribution is 2.32. The van der Waals surface area contributed by atoms with E-state index in [-0.39, 0.29) is 36.5 Å². The third-order valence-corrected chi connectivity index (χ3v) is 5.09. The lowest BCUT2D eigenvalue weighted by Crippen LogP contribution is -2.41. The normalized spacial score (nSPS) is 17.0. The second-order valence-corrected chi connectivity index (χ2v) is 6.92. The molecule has 1 fully saturated rings. The number of anilines is 1. The van der Waals surface area contributed by atoms with E-state index in [1.54, 1.807) is 12.1 Å². The minimum atomic E-state index is -0.617. The van der Waals surface area contributed by atoms with Crippen LogP contribution in [0.2, 0.25) is 0 Å². The van der Waals surface area contributed by atoms with Crippen molar-refractivity contribution in [1.82, 2.24) is 9.80 Å². The van der Waals surface area contributed by atoms with Crippen molar-refractivity contribution in [3.8, 4) is 0 Å². The van der Waals surface area contributed by atoms with Gasteiger partial charge in [0.05, 0.1) is 11.1 Å². The number of amides is 5. The van der Waals surface area contributed by atoms with Crippen LogP contribution < -0.4 is 11.1 Å². The molecule has 1 saturated carbocycles. The molecular formula is C19H24N4O4. The van der Waals surface area contributed by atoms with Gasteiger partial charge in [0, 0.05) is 31.7 Å². The molecule has 5 amide bonds. The van der Waals surface area contributed by atoms with Gasteiger partial charge in [0.15, 0.2) is 0 Å². The van der Waals surface area contributed by atoms with E-state index in [0.717, 1.165) is 37.0 Å². The predicted molar refractivity (Wildman–Crippen MR) is 99.3 cm³/mol. The SMILES string of the molecule is CC(=O)N(CCN)C(=O)Nc1ccc2c(c1)C(=O)N(C1CCCCC1)C2=O. The number of fused-ring (bicyclic) bond motifs is 1. The quantitative estimate of drug-likeness (QED) is 0.785. The number of carbonyl (C=O) groups excluding carboxylic acids is 4. The summed E-state index contributed by atoms with van der Waals surface area (Å²) < 4.78 is 0. The first-order valence-electron chi connectivity index (χ1n) is 9.25. The van der Waals surface area contributed by atoms with E-state index in [0.29, 0.717) is 11.3 Å². The van der Waals surface area contributed by atoms with Gasteiger partial charge in [0.2, 0.25) is 5.91 Å². The number of hydrogen-bond donors (Lipinski definition) is 2. The summed E-state index contributed by atoms with van der Waals surface area (Å²) in [5, 5.41) is 2.60. The maximum Gasteiger partial charge on any atom is 0.328 e. The Morgan fingerprint density at radius 3 is 2.44 bits per heavy atom. The Kier molecular flexibility index (Phi) is 5.55. The van der Waals surface area contributed by atoms with E-state index in [9.17, 15) is 19.2 Å². The van der Waals surface area contributed by atoms with Crippen molar-refractivity contribution in [1.29, 1.82) is 0 Å². The Hall–Kier alpha value is -2.74. The maximum absolute atomic E-state index is 12.8. The molecule has 1 aromatic rings. The fourth-order valence-corrected chi connectivity index (χ4v) is 3.73. The van der Waals surface area contributed by atoms with E-state index >= 15 is 0 Å². The summed E-state index contributed by atoms with van der Waals surface area (Å²) >= 11 is 0. The second-order valence-electron chi connectivity index (χ2n) is 6.92. The molecule has 8 heteroatoms. The van der Waals surface area contributed by atoms with Gasteiger partial charge in [-0.05, 0) is 31.0 Å². The summed E-state index contributed by atoms with van der Waals surface area (Å²) in [6.45, 7) is 1.53. The van der Waals surface area contributed by atoms with Gasteiger partial charge in [-0.1, -0.05) is 19.3 Å². The monoisotopic (exact) mass is 372 g/mol. The van der Waals surface area contributed by atoms with Gasteiger partial charge in [-0.2, -0.15) is 0 Å². The minimum absolute atomic E-state index is 0.0538. The smallest absolute Gasteiger partial charge is 0.328 e. The fraction of sp³-hybridized carbons (Fsp3) is 0.474. The number of carbonyl (C=O) groups is 4. The third-order valence-electron chi connectivity index (χ3n) is 5.09. The molecular weight excluding hydrogens is 348 g/mol. The number of nitrogens with one attached hydrogen (secondary N) is 1. The average molecular weight is 372 g/mol. The lowest BCUT2D eigenvalue weighted by Gasteiger charge is -2.29. The molecule has 144 valence electrons. The minimum Gasteiger partial charge on any atom is -0.329 e. The highest BCUT2D eigenvalue weighted by molar-refractivity contribution is 6.22. The largest absolute Gasteiger partial charge is 0.329 e. The number of urea groups is 1. The van der Waals surface area contributed by atoms with Crippen molar-refractivity contribution >= 4 is 29.4 Å². The Bertz CT molecular complexity index is 786. The van der Waals surface area contributed by atoms with Crippen molar-refractivity contribution < 1.29 is 19.2 Å². The lowest BCUT2D eigenvalue weighted by atomic mass is 9.94. The van der Waals surface area contributed by atoms with E-state index < -0.39 is 11.9 Å². The predicted octanol–water partition coefficient (Wildman–Crippen LogP) is 1.95. The first-order chi connectivity index (χ1) is 12.9. The zero-order chi connectivity index (χ0) is 19.6. The van der Waals surface area contributed by atoms with Crippen LogP contribution in [0.15, 0.2) is 18.2 Å². The molecule has 0 bridgehead atoms. The molecule has 8 nitrogen and oxygen atoms in total. The zero-order valence-electron chi connectivity index (χ0n) is 15.4. The number of rotatable bonds is 4. The summed E-state index contributed by atoms with van der Waals surface area (Å²) in [5.41, 5.74) is 6.43. The zero-order valence-corrected chi connectivity index (χ0v) is 15.4. The molecule has 1 aliphatic carbocycles. The third kappa shape index (κ3) is 3.71. The summed E-state index contributed by atoms with van der Waals surface area (Å²) in [5.74, 6) is -1.01. The fourth-order valence-electron chi connectivity index (χ4n) is 3.73. The number of imide groups is 2. The molecule has 3 N–H and O–H groups in total. The molecule has 27 heavy (non-hydrogen) atoms. The number of nitrogens with zero attached hydrogens (tertiary/aromatic N) is 2. The summed E-state index contributed by atoms with van der Waals surface area (Å²) in [4.78, 5) is 51.7. The van der Waals surface area contributed by atoms with Crippen molar-refractivity contribution in [2.45, 2.75) is 45.1 Å². The molecule has 2 aliphatic rings. The number of hydrogen-bond acceptors (Lipinski definition) is 5. The van der Waals surface area contributed by atoms with Crippen molar-refractivity contribution in [3.05, 3.63) is 29.3 Å². The number of nitrogens with two attached hydrogens (primary N) is 1. The van der Waals surface area contributed by atoms with E-state index in [2.05, 4.69) is 5.32 Å². The van der Waals surface area contributed by atoms with Crippen LogP contribution in [0.4, 0.5) is 10.5 Å². The van der Waals surface area contributed by atoms with Crippen LogP contribution in [0.1, 0.15) is 59.7 Å². The first-order valence-corrected chi connectivity index (χ1v) is 9.25. The van der Waals surface area contributed by atoms with Crippen LogP contribution in [0.3, 0.4) is 0 Å². The Morgan fingerprint density at radius 1 is 1.15 bits per heavy atom. The van der Waals surface area contributed by atoms with Gasteiger partial charge in [-0.25, -0.2) is 4.79 Å². The van der Waals surface area contributed by atoms with Crippen LogP contribution in [-0.4, -0.2) is 52.7 Å². The summed E-state index contributed by atoms with van der Waals surface area (Å²) in [6, 6.07) is 3.94. The molecule has 0 spiro atoms. The van der Waals surface area contributed by atoms with E-state index in [4.69, 9.17) is 5.73 Å². The Morgan fingerprint density at radius 2 is 1.81 bits per heavy atom. The molecule has 0 atom stereocenters. The van der Waals surface area contributed by atoms with Crippen LogP contribution in [0.5, 0.6) is 0 Å². The standard InChI is InChI=1S/C19H24N4O4/c1-12(24)22(10-9-20)19(27)21-13-7-8-15-16(11-13)18(26)23(17(15)25)14-5-3-2-4-6-14/h7-8,11,14H,2-6,9-10,20H2,1H3,(H,21,27). The molecule has 1 aromatic carbocycles. The van der Waals surface area contributed by atoms with Crippen LogP contribution in [-0.2, 0) is 4.79 Å².